The molecule has 112 valence electrons. The Labute approximate surface area is 138 Å². The minimum absolute atomic E-state index is 0.0120. The van der Waals surface area contributed by atoms with Gasteiger partial charge < -0.3 is 0 Å². The maximum atomic E-state index is 12.5. The van der Waals surface area contributed by atoms with Gasteiger partial charge in [0, 0.05) is 12.1 Å². The lowest BCUT2D eigenvalue weighted by Crippen LogP contribution is -2.10. The first kappa shape index (κ1) is 16.2. The Morgan fingerprint density at radius 3 is 2.67 bits per heavy atom. The number of halogens is 2. The van der Waals surface area contributed by atoms with Crippen molar-refractivity contribution in [3.63, 3.8) is 0 Å². The van der Waals surface area contributed by atoms with Crippen LogP contribution in [-0.2, 0) is 19.4 Å². The van der Waals surface area contributed by atoms with Crippen LogP contribution in [0.3, 0.4) is 0 Å². The fraction of sp³-hybridized carbons (Fsp3) is 0.375. The Bertz CT molecular complexity index is 679. The number of Topliss-reactive ketones (excluding diaryl/α,β-unsaturated/α-hetero) is 1. The molecule has 2 aromatic rings. The van der Waals surface area contributed by atoms with Crippen molar-refractivity contribution in [3.05, 3.63) is 50.2 Å². The third kappa shape index (κ3) is 3.38. The monoisotopic (exact) mass is 368 g/mol. The molecule has 0 saturated heterocycles. The molecule has 0 radical (unpaired) electrons. The van der Waals surface area contributed by atoms with E-state index in [0.29, 0.717) is 17.0 Å². The Morgan fingerprint density at radius 1 is 1.38 bits per heavy atom. The van der Waals surface area contributed by atoms with Crippen LogP contribution in [0.1, 0.15) is 41.2 Å². The molecular formula is C16H18BrClN2O. The molecule has 0 bridgehead atoms. The number of hydrogen-bond donors (Lipinski definition) is 0. The predicted molar refractivity (Wildman–Crippen MR) is 89.2 cm³/mol. The van der Waals surface area contributed by atoms with Crippen molar-refractivity contribution in [1.82, 2.24) is 9.78 Å². The second kappa shape index (κ2) is 6.75. The van der Waals surface area contributed by atoms with Crippen molar-refractivity contribution in [2.75, 3.05) is 0 Å². The summed E-state index contributed by atoms with van der Waals surface area (Å²) in [6.45, 7) is 6.76. The number of aromatic nitrogens is 2. The number of hydrogen-bond acceptors (Lipinski definition) is 2. The van der Waals surface area contributed by atoms with Gasteiger partial charge in [-0.2, -0.15) is 5.10 Å². The zero-order valence-electron chi connectivity index (χ0n) is 12.4. The van der Waals surface area contributed by atoms with Crippen LogP contribution in [0.2, 0.25) is 5.02 Å². The molecule has 0 aliphatic rings. The van der Waals surface area contributed by atoms with E-state index in [0.717, 1.165) is 34.4 Å². The summed E-state index contributed by atoms with van der Waals surface area (Å²) in [7, 11) is 0. The Kier molecular flexibility index (Phi) is 5.22. The van der Waals surface area contributed by atoms with Crippen LogP contribution < -0.4 is 0 Å². The van der Waals surface area contributed by atoms with Gasteiger partial charge in [-0.15, -0.1) is 0 Å². The largest absolute Gasteiger partial charge is 0.294 e. The van der Waals surface area contributed by atoms with E-state index >= 15 is 0 Å². The van der Waals surface area contributed by atoms with Crippen LogP contribution in [0.15, 0.2) is 22.7 Å². The van der Waals surface area contributed by atoms with Crippen LogP contribution >= 0.6 is 27.5 Å². The van der Waals surface area contributed by atoms with Gasteiger partial charge in [-0.05, 0) is 53.9 Å². The zero-order valence-corrected chi connectivity index (χ0v) is 14.8. The highest BCUT2D eigenvalue weighted by Gasteiger charge is 2.19. The van der Waals surface area contributed by atoms with Gasteiger partial charge in [0.15, 0.2) is 5.78 Å². The zero-order chi connectivity index (χ0) is 15.6. The summed E-state index contributed by atoms with van der Waals surface area (Å²) in [5, 5.41) is 5.02. The van der Waals surface area contributed by atoms with Crippen LogP contribution in [0.5, 0.6) is 0 Å². The average Bonchev–Trinajstić information content (AvgIpc) is 2.75. The molecule has 2 rings (SSSR count). The lowest BCUT2D eigenvalue weighted by Gasteiger charge is -2.07. The van der Waals surface area contributed by atoms with Crippen molar-refractivity contribution in [1.29, 1.82) is 0 Å². The highest BCUT2D eigenvalue weighted by molar-refractivity contribution is 9.10. The smallest absolute Gasteiger partial charge is 0.170 e. The maximum absolute atomic E-state index is 12.5. The molecule has 0 saturated carbocycles. The molecule has 5 heteroatoms. The second-order valence-corrected chi connectivity index (χ2v) is 6.16. The first-order chi connectivity index (χ1) is 9.97. The molecule has 0 unspecified atom stereocenters. The summed E-state index contributed by atoms with van der Waals surface area (Å²) in [6, 6.07) is 5.52. The number of benzene rings is 1. The van der Waals surface area contributed by atoms with Gasteiger partial charge in [-0.25, -0.2) is 0 Å². The molecule has 0 amide bonds. The number of rotatable bonds is 5. The van der Waals surface area contributed by atoms with Crippen molar-refractivity contribution >= 4 is 33.3 Å². The van der Waals surface area contributed by atoms with Gasteiger partial charge >= 0.3 is 0 Å². The van der Waals surface area contributed by atoms with Crippen LogP contribution in [0.4, 0.5) is 0 Å². The molecule has 0 spiro atoms. The molecule has 0 atom stereocenters. The van der Waals surface area contributed by atoms with E-state index < -0.39 is 0 Å². The van der Waals surface area contributed by atoms with E-state index in [1.54, 1.807) is 6.07 Å². The lowest BCUT2D eigenvalue weighted by molar-refractivity contribution is 0.0990. The summed E-state index contributed by atoms with van der Waals surface area (Å²) >= 11 is 9.75. The van der Waals surface area contributed by atoms with Gasteiger partial charge in [-0.3, -0.25) is 9.48 Å². The number of carbonyl (C=O) groups excluding carboxylic acids is 1. The van der Waals surface area contributed by atoms with E-state index in [1.165, 1.54) is 0 Å². The van der Waals surface area contributed by atoms with E-state index in [1.807, 2.05) is 30.7 Å². The van der Waals surface area contributed by atoms with Gasteiger partial charge in [0.25, 0.3) is 0 Å². The normalized spacial score (nSPS) is 10.9. The van der Waals surface area contributed by atoms with Crippen molar-refractivity contribution < 1.29 is 4.79 Å². The molecular weight excluding hydrogens is 352 g/mol. The fourth-order valence-corrected chi connectivity index (χ4v) is 3.32. The molecule has 1 aromatic carbocycles. The van der Waals surface area contributed by atoms with E-state index in [2.05, 4.69) is 28.0 Å². The van der Waals surface area contributed by atoms with Crippen molar-refractivity contribution in [2.24, 2.45) is 0 Å². The van der Waals surface area contributed by atoms with Crippen molar-refractivity contribution in [2.45, 2.75) is 40.2 Å². The molecule has 3 nitrogen and oxygen atoms in total. The Morgan fingerprint density at radius 2 is 2.10 bits per heavy atom. The fourth-order valence-electron chi connectivity index (χ4n) is 2.28. The first-order valence-corrected chi connectivity index (χ1v) is 8.18. The van der Waals surface area contributed by atoms with E-state index in [9.17, 15) is 4.79 Å². The van der Waals surface area contributed by atoms with Gasteiger partial charge in [0.1, 0.15) is 0 Å². The van der Waals surface area contributed by atoms with Gasteiger partial charge in [-0.1, -0.05) is 24.6 Å². The van der Waals surface area contributed by atoms with Crippen LogP contribution in [-0.4, -0.2) is 15.6 Å². The van der Waals surface area contributed by atoms with Gasteiger partial charge in [0.2, 0.25) is 0 Å². The molecule has 0 aliphatic heterocycles. The predicted octanol–water partition coefficient (Wildman–Crippen LogP) is 4.62. The summed E-state index contributed by atoms with van der Waals surface area (Å²) in [6.07, 6.45) is 1.13. The Balaban J connectivity index is 2.33. The number of ketones is 1. The van der Waals surface area contributed by atoms with E-state index in [-0.39, 0.29) is 5.78 Å². The standard InChI is InChI=1S/C16H18BrClN2O/c1-4-13-16(17)14(20(5-2)19-13)9-15(21)11-7-6-10(3)8-12(11)18/h6-8H,4-5,9H2,1-3H3. The summed E-state index contributed by atoms with van der Waals surface area (Å²) in [5.74, 6) is 0.0120. The van der Waals surface area contributed by atoms with Gasteiger partial charge in [0.05, 0.1) is 27.3 Å². The molecule has 1 aromatic heterocycles. The topological polar surface area (TPSA) is 34.9 Å². The third-order valence-corrected chi connectivity index (χ3v) is 4.68. The molecule has 21 heavy (non-hydrogen) atoms. The second-order valence-electron chi connectivity index (χ2n) is 4.96. The van der Waals surface area contributed by atoms with E-state index in [4.69, 9.17) is 11.6 Å². The van der Waals surface area contributed by atoms with Crippen LogP contribution in [0, 0.1) is 6.92 Å². The first-order valence-electron chi connectivity index (χ1n) is 7.01. The minimum Gasteiger partial charge on any atom is -0.294 e. The summed E-state index contributed by atoms with van der Waals surface area (Å²) in [5.41, 5.74) is 3.51. The highest BCUT2D eigenvalue weighted by Crippen LogP contribution is 2.25. The number of nitrogens with zero attached hydrogens (tertiary/aromatic N) is 2. The molecule has 0 N–H and O–H groups in total. The third-order valence-electron chi connectivity index (χ3n) is 3.45. The minimum atomic E-state index is 0.0120. The lowest BCUT2D eigenvalue weighted by atomic mass is 10.0. The molecule has 0 aliphatic carbocycles. The summed E-state index contributed by atoms with van der Waals surface area (Å²) < 4.78 is 2.81. The SMILES string of the molecule is CCc1nn(CC)c(CC(=O)c2ccc(C)cc2Cl)c1Br. The van der Waals surface area contributed by atoms with Crippen LogP contribution in [0.25, 0.3) is 0 Å². The number of aryl methyl sites for hydroxylation is 3. The maximum Gasteiger partial charge on any atom is 0.170 e. The molecule has 0 fully saturated rings. The quantitative estimate of drug-likeness (QED) is 0.721. The molecule has 1 heterocycles. The average molecular weight is 370 g/mol. The highest BCUT2D eigenvalue weighted by atomic mass is 79.9. The summed E-state index contributed by atoms with van der Waals surface area (Å²) in [4.78, 5) is 12.5. The Hall–Kier alpha value is -1.13. The number of carbonyl (C=O) groups is 1. The van der Waals surface area contributed by atoms with Crippen molar-refractivity contribution in [3.8, 4) is 0 Å².